The number of nitrogens with one attached hydrogen (secondary N) is 5. The van der Waals surface area contributed by atoms with Crippen molar-refractivity contribution in [3.05, 3.63) is 69.7 Å². The molecule has 3 aromatic heterocycles. The number of ether oxygens (including phenoxy) is 6. The number of halogens is 2. The Bertz CT molecular complexity index is 2280. The van der Waals surface area contributed by atoms with Crippen molar-refractivity contribution in [3.63, 3.8) is 0 Å². The molecule has 1 aromatic carbocycles. The van der Waals surface area contributed by atoms with Crippen LogP contribution in [0.3, 0.4) is 0 Å². The first-order valence-electron chi connectivity index (χ1n) is 20.5. The highest BCUT2D eigenvalue weighted by Crippen LogP contribution is 2.33. The normalized spacial score (nSPS) is 15.2. The van der Waals surface area contributed by atoms with Crippen LogP contribution in [-0.4, -0.2) is 140 Å². The number of aromatic nitrogens is 4. The number of amides is 6. The molecular weight excluding hydrogens is 879 g/mol. The van der Waals surface area contributed by atoms with Crippen molar-refractivity contribution >= 4 is 75.6 Å². The van der Waals surface area contributed by atoms with Crippen molar-refractivity contribution in [2.75, 3.05) is 95.6 Å². The first-order valence-corrected chi connectivity index (χ1v) is 21.3. The van der Waals surface area contributed by atoms with E-state index in [1.54, 1.807) is 25.1 Å². The van der Waals surface area contributed by atoms with Gasteiger partial charge < -0.3 is 54.6 Å². The van der Waals surface area contributed by atoms with E-state index in [-0.39, 0.29) is 72.1 Å². The van der Waals surface area contributed by atoms with Gasteiger partial charge in [0, 0.05) is 62.1 Å². The van der Waals surface area contributed by atoms with E-state index >= 15 is 0 Å². The molecule has 23 heteroatoms. The van der Waals surface area contributed by atoms with Crippen molar-refractivity contribution in [1.82, 2.24) is 35.1 Å². The molecule has 6 amide bonds. The van der Waals surface area contributed by atoms with E-state index in [9.17, 15) is 24.0 Å². The SMILES string of the molecule is CO[C@@H](C)c1c(NC(=O)Nc2cc(Cl)cnc2OCCNC(=O)CCOCCOCCOCCOCCNc2cccc3c2CN(C2CCC(=O)NC2=O)C3=O)cnc2cc(Cl)nn12. The Morgan fingerprint density at radius 3 is 2.33 bits per heavy atom. The Morgan fingerprint density at radius 2 is 1.59 bits per heavy atom. The van der Waals surface area contributed by atoms with Crippen molar-refractivity contribution in [2.24, 2.45) is 0 Å². The predicted octanol–water partition coefficient (Wildman–Crippen LogP) is 3.61. The lowest BCUT2D eigenvalue weighted by Crippen LogP contribution is -2.52. The summed E-state index contributed by atoms with van der Waals surface area (Å²) in [7, 11) is 1.53. The number of hydrogen-bond donors (Lipinski definition) is 5. The maximum Gasteiger partial charge on any atom is 0.323 e. The number of pyridine rings is 1. The Labute approximate surface area is 378 Å². The number of benzene rings is 1. The van der Waals surface area contributed by atoms with Crippen LogP contribution in [0.1, 0.15) is 53.9 Å². The van der Waals surface area contributed by atoms with Crippen molar-refractivity contribution in [2.45, 2.75) is 44.9 Å². The summed E-state index contributed by atoms with van der Waals surface area (Å²) < 4.78 is 34.9. The van der Waals surface area contributed by atoms with Gasteiger partial charge in [-0.1, -0.05) is 29.3 Å². The Balaban J connectivity index is 0.763. The fraction of sp³-hybridized carbons (Fsp3) is 0.463. The van der Waals surface area contributed by atoms with Gasteiger partial charge in [-0.25, -0.2) is 19.3 Å². The average Bonchev–Trinajstić information content (AvgIpc) is 3.82. The van der Waals surface area contributed by atoms with Crippen LogP contribution in [0.25, 0.3) is 5.65 Å². The van der Waals surface area contributed by atoms with Crippen LogP contribution in [0.15, 0.2) is 42.7 Å². The fourth-order valence-electron chi connectivity index (χ4n) is 6.79. The van der Waals surface area contributed by atoms with Crippen LogP contribution in [0.5, 0.6) is 5.88 Å². The van der Waals surface area contributed by atoms with E-state index in [1.807, 2.05) is 6.07 Å². The number of rotatable bonds is 25. The average molecular weight is 930 g/mol. The molecule has 21 nitrogen and oxygen atoms in total. The molecule has 344 valence electrons. The van der Waals surface area contributed by atoms with E-state index in [0.29, 0.717) is 88.4 Å². The Kier molecular flexibility index (Phi) is 17.8. The van der Waals surface area contributed by atoms with Crippen LogP contribution < -0.4 is 31.3 Å². The zero-order chi connectivity index (χ0) is 45.4. The zero-order valence-corrected chi connectivity index (χ0v) is 36.8. The highest BCUT2D eigenvalue weighted by molar-refractivity contribution is 6.31. The van der Waals surface area contributed by atoms with Crippen molar-refractivity contribution < 1.29 is 52.4 Å². The monoisotopic (exact) mass is 928 g/mol. The summed E-state index contributed by atoms with van der Waals surface area (Å²) in [6.07, 6.45) is 3.03. The van der Waals surface area contributed by atoms with Crippen LogP contribution in [-0.2, 0) is 44.6 Å². The molecule has 0 bridgehead atoms. The Morgan fingerprint density at radius 1 is 0.875 bits per heavy atom. The van der Waals surface area contributed by atoms with Crippen LogP contribution in [0.2, 0.25) is 10.2 Å². The van der Waals surface area contributed by atoms with E-state index in [0.717, 1.165) is 11.3 Å². The third-order valence-electron chi connectivity index (χ3n) is 9.94. The lowest BCUT2D eigenvalue weighted by Gasteiger charge is -2.29. The fourth-order valence-corrected chi connectivity index (χ4v) is 7.12. The van der Waals surface area contributed by atoms with Gasteiger partial charge in [-0.05, 0) is 31.5 Å². The quantitative estimate of drug-likeness (QED) is 0.0471. The second kappa shape index (κ2) is 23.8. The van der Waals surface area contributed by atoms with E-state index in [4.69, 9.17) is 51.6 Å². The molecule has 2 atom stereocenters. The number of urea groups is 1. The minimum absolute atomic E-state index is 0.0583. The smallest absolute Gasteiger partial charge is 0.323 e. The lowest BCUT2D eigenvalue weighted by atomic mass is 10.0. The molecule has 5 heterocycles. The summed E-state index contributed by atoms with van der Waals surface area (Å²) in [5, 5.41) is 18.5. The van der Waals surface area contributed by atoms with Gasteiger partial charge in [-0.15, -0.1) is 0 Å². The number of methoxy groups -OCH3 is 1. The van der Waals surface area contributed by atoms with Crippen LogP contribution >= 0.6 is 23.2 Å². The van der Waals surface area contributed by atoms with Crippen LogP contribution in [0, 0.1) is 0 Å². The molecule has 64 heavy (non-hydrogen) atoms. The molecule has 4 aromatic rings. The second-order valence-corrected chi connectivity index (χ2v) is 15.1. The standard InChI is InChI=1S/C41H50Cl2N10O11/c1-25(59-2)37-31(23-46-34-21-33(43)51-53(34)37)49-41(58)48-30-20-26(42)22-47-39(30)64-13-10-45-35(54)8-11-60-14-16-62-18-19-63-17-15-61-12-9-44-29-5-3-4-27-28(29)24-52(40(27)57)32-6-7-36(55)50-38(32)56/h3-5,20-23,25,32,44H,6-19,24H2,1-2H3,(H,45,54)(H2,48,49,58)(H,50,55,56)/t25-,32?/m0/s1. The van der Waals surface area contributed by atoms with Gasteiger partial charge >= 0.3 is 6.03 Å². The molecule has 1 saturated heterocycles. The number of carbonyl (C=O) groups excluding carboxylic acids is 5. The second-order valence-electron chi connectivity index (χ2n) is 14.3. The number of anilines is 3. The van der Waals surface area contributed by atoms with Gasteiger partial charge in [-0.2, -0.15) is 5.10 Å². The van der Waals surface area contributed by atoms with Gasteiger partial charge in [0.2, 0.25) is 23.6 Å². The molecule has 1 fully saturated rings. The van der Waals surface area contributed by atoms with Gasteiger partial charge in [0.15, 0.2) is 10.8 Å². The van der Waals surface area contributed by atoms with Crippen molar-refractivity contribution in [3.8, 4) is 5.88 Å². The van der Waals surface area contributed by atoms with E-state index in [2.05, 4.69) is 41.7 Å². The van der Waals surface area contributed by atoms with Gasteiger partial charge in [0.1, 0.15) is 18.3 Å². The maximum atomic E-state index is 13.1. The maximum absolute atomic E-state index is 13.1. The van der Waals surface area contributed by atoms with Crippen LogP contribution in [0.4, 0.5) is 21.9 Å². The summed E-state index contributed by atoms with van der Waals surface area (Å²) in [6, 6.07) is 7.19. The summed E-state index contributed by atoms with van der Waals surface area (Å²) in [5.74, 6) is -1.12. The molecule has 2 aliphatic heterocycles. The molecular formula is C41H50Cl2N10O11. The number of imide groups is 1. The zero-order valence-electron chi connectivity index (χ0n) is 35.3. The molecule has 1 unspecified atom stereocenters. The molecule has 0 radical (unpaired) electrons. The molecule has 5 N–H and O–H groups in total. The number of piperidine rings is 1. The number of carbonyl (C=O) groups is 5. The summed E-state index contributed by atoms with van der Waals surface area (Å²) in [6.45, 7) is 5.59. The number of hydrogen-bond acceptors (Lipinski definition) is 15. The minimum atomic E-state index is -0.664. The van der Waals surface area contributed by atoms with E-state index < -0.39 is 24.1 Å². The van der Waals surface area contributed by atoms with E-state index in [1.165, 1.54) is 35.0 Å². The predicted molar refractivity (Wildman–Crippen MR) is 233 cm³/mol. The molecule has 0 saturated carbocycles. The summed E-state index contributed by atoms with van der Waals surface area (Å²) in [4.78, 5) is 72.3. The van der Waals surface area contributed by atoms with Gasteiger partial charge in [-0.3, -0.25) is 24.5 Å². The summed E-state index contributed by atoms with van der Waals surface area (Å²) in [5.41, 5.74) is 3.70. The summed E-state index contributed by atoms with van der Waals surface area (Å²) >= 11 is 12.2. The highest BCUT2D eigenvalue weighted by atomic mass is 35.5. The Hall–Kier alpha value is -5.68. The highest BCUT2D eigenvalue weighted by Gasteiger charge is 2.39. The molecule has 0 spiro atoms. The largest absolute Gasteiger partial charge is 0.474 e. The molecule has 2 aliphatic rings. The topological polar surface area (TPSA) is 247 Å². The molecule has 6 rings (SSSR count). The number of fused-ring (bicyclic) bond motifs is 2. The third kappa shape index (κ3) is 13.2. The first kappa shape index (κ1) is 47.8. The number of nitrogens with zero attached hydrogens (tertiary/aromatic N) is 5. The van der Waals surface area contributed by atoms with Gasteiger partial charge in [0.05, 0.1) is 88.1 Å². The lowest BCUT2D eigenvalue weighted by molar-refractivity contribution is -0.137. The van der Waals surface area contributed by atoms with Gasteiger partial charge in [0.25, 0.3) is 5.91 Å². The first-order chi connectivity index (χ1) is 31.0. The van der Waals surface area contributed by atoms with Crippen molar-refractivity contribution in [1.29, 1.82) is 0 Å². The molecule has 0 aliphatic carbocycles. The minimum Gasteiger partial charge on any atom is -0.474 e. The third-order valence-corrected chi connectivity index (χ3v) is 10.3.